The number of hydrogen-bond donors (Lipinski definition) is 2. The largest absolute Gasteiger partial charge is 0.360 e. The van der Waals surface area contributed by atoms with Gasteiger partial charge in [-0.3, -0.25) is 4.79 Å². The number of H-pyrrole nitrogens is 1. The molecule has 1 aromatic carbocycles. The number of ketones is 1. The van der Waals surface area contributed by atoms with E-state index < -0.39 is 0 Å². The van der Waals surface area contributed by atoms with Gasteiger partial charge in [0.1, 0.15) is 0 Å². The fourth-order valence-corrected chi connectivity index (χ4v) is 2.17. The predicted molar refractivity (Wildman–Crippen MR) is 75.2 cm³/mol. The lowest BCUT2D eigenvalue weighted by Crippen LogP contribution is -2.29. The second kappa shape index (κ2) is 4.94. The van der Waals surface area contributed by atoms with E-state index in [-0.39, 0.29) is 5.78 Å². The zero-order chi connectivity index (χ0) is 13.3. The summed E-state index contributed by atoms with van der Waals surface area (Å²) in [7, 11) is 0. The molecule has 0 saturated carbocycles. The minimum absolute atomic E-state index is 0.142. The molecule has 1 heterocycles. The van der Waals surface area contributed by atoms with Gasteiger partial charge in [0, 0.05) is 28.7 Å². The summed E-state index contributed by atoms with van der Waals surface area (Å²) in [6.07, 6.45) is 1.83. The Hall–Kier alpha value is -1.61. The van der Waals surface area contributed by atoms with E-state index in [9.17, 15) is 4.79 Å². The molecule has 3 heteroatoms. The third kappa shape index (κ3) is 2.31. The van der Waals surface area contributed by atoms with Crippen molar-refractivity contribution in [1.82, 2.24) is 10.3 Å². The van der Waals surface area contributed by atoms with Gasteiger partial charge in [-0.05, 0) is 25.0 Å². The van der Waals surface area contributed by atoms with Crippen LogP contribution in [0.5, 0.6) is 0 Å². The Morgan fingerprint density at radius 2 is 1.94 bits per heavy atom. The molecule has 18 heavy (non-hydrogen) atoms. The van der Waals surface area contributed by atoms with Gasteiger partial charge in [0.15, 0.2) is 5.78 Å². The number of Topliss-reactive ketones (excluding diaryl/α,β-unsaturated/α-hetero) is 1. The fraction of sp³-hybridized carbons (Fsp3) is 0.400. The van der Waals surface area contributed by atoms with Gasteiger partial charge in [-0.2, -0.15) is 0 Å². The number of rotatable bonds is 4. The maximum Gasteiger partial charge on any atom is 0.178 e. The summed E-state index contributed by atoms with van der Waals surface area (Å²) in [5.74, 6) is 0.142. The van der Waals surface area contributed by atoms with Crippen LogP contribution in [0.2, 0.25) is 0 Å². The van der Waals surface area contributed by atoms with Crippen molar-refractivity contribution >= 4 is 16.7 Å². The molecule has 0 spiro atoms. The average Bonchev–Trinajstić information content (AvgIpc) is 2.76. The number of aryl methyl sites for hydroxylation is 2. The molecule has 0 bridgehead atoms. The summed E-state index contributed by atoms with van der Waals surface area (Å²) in [5.41, 5.74) is 4.18. The quantitative estimate of drug-likeness (QED) is 0.812. The third-order valence-corrected chi connectivity index (χ3v) is 3.22. The van der Waals surface area contributed by atoms with E-state index in [2.05, 4.69) is 29.4 Å². The van der Waals surface area contributed by atoms with Gasteiger partial charge < -0.3 is 10.3 Å². The summed E-state index contributed by atoms with van der Waals surface area (Å²) in [6, 6.07) is 4.47. The predicted octanol–water partition coefficient (Wildman–Crippen LogP) is 2.97. The maximum absolute atomic E-state index is 12.2. The second-order valence-electron chi connectivity index (χ2n) is 5.11. The third-order valence-electron chi connectivity index (χ3n) is 3.22. The van der Waals surface area contributed by atoms with Crippen LogP contribution in [0.15, 0.2) is 18.3 Å². The number of carbonyl (C=O) groups is 1. The van der Waals surface area contributed by atoms with Crippen molar-refractivity contribution in [3.8, 4) is 0 Å². The normalized spacial score (nSPS) is 11.4. The van der Waals surface area contributed by atoms with Crippen molar-refractivity contribution in [2.45, 2.75) is 33.7 Å². The lowest BCUT2D eigenvalue weighted by atomic mass is 10.0. The lowest BCUT2D eigenvalue weighted by molar-refractivity contribution is 0.0990. The first-order chi connectivity index (χ1) is 8.50. The molecule has 0 amide bonds. The van der Waals surface area contributed by atoms with E-state index in [0.717, 1.165) is 22.0 Å². The molecule has 0 aliphatic rings. The summed E-state index contributed by atoms with van der Waals surface area (Å²) in [6.45, 7) is 8.56. The molecule has 0 aliphatic heterocycles. The van der Waals surface area contributed by atoms with Gasteiger partial charge in [0.05, 0.1) is 6.54 Å². The Morgan fingerprint density at radius 1 is 1.28 bits per heavy atom. The zero-order valence-electron chi connectivity index (χ0n) is 11.4. The molecule has 2 N–H and O–H groups in total. The van der Waals surface area contributed by atoms with Crippen LogP contribution in [0.25, 0.3) is 10.9 Å². The number of hydrogen-bond acceptors (Lipinski definition) is 2. The van der Waals surface area contributed by atoms with Crippen LogP contribution in [0, 0.1) is 13.8 Å². The van der Waals surface area contributed by atoms with Crippen LogP contribution >= 0.6 is 0 Å². The Bertz CT molecular complexity index is 581. The first-order valence-corrected chi connectivity index (χ1v) is 6.34. The second-order valence-corrected chi connectivity index (χ2v) is 5.11. The van der Waals surface area contributed by atoms with Crippen LogP contribution in [-0.2, 0) is 0 Å². The van der Waals surface area contributed by atoms with Crippen molar-refractivity contribution in [2.24, 2.45) is 0 Å². The number of fused-ring (bicyclic) bond motifs is 1. The van der Waals surface area contributed by atoms with Crippen LogP contribution in [0.4, 0.5) is 0 Å². The van der Waals surface area contributed by atoms with E-state index in [0.29, 0.717) is 12.6 Å². The van der Waals surface area contributed by atoms with Gasteiger partial charge in [-0.25, -0.2) is 0 Å². The first-order valence-electron chi connectivity index (χ1n) is 6.34. The highest BCUT2D eigenvalue weighted by atomic mass is 16.1. The zero-order valence-corrected chi connectivity index (χ0v) is 11.4. The summed E-state index contributed by atoms with van der Waals surface area (Å²) in [5, 5.41) is 4.23. The molecule has 0 unspecified atom stereocenters. The minimum atomic E-state index is 0.142. The van der Waals surface area contributed by atoms with Crippen LogP contribution < -0.4 is 5.32 Å². The molecule has 3 nitrogen and oxygen atoms in total. The van der Waals surface area contributed by atoms with E-state index in [1.165, 1.54) is 5.56 Å². The maximum atomic E-state index is 12.2. The average molecular weight is 244 g/mol. The van der Waals surface area contributed by atoms with Crippen LogP contribution in [0.1, 0.15) is 35.3 Å². The summed E-state index contributed by atoms with van der Waals surface area (Å²) in [4.78, 5) is 15.4. The van der Waals surface area contributed by atoms with Crippen molar-refractivity contribution in [3.05, 3.63) is 35.0 Å². The first kappa shape index (κ1) is 12.8. The van der Waals surface area contributed by atoms with Gasteiger partial charge >= 0.3 is 0 Å². The van der Waals surface area contributed by atoms with Crippen LogP contribution in [0.3, 0.4) is 0 Å². The van der Waals surface area contributed by atoms with E-state index in [1.54, 1.807) is 0 Å². The highest BCUT2D eigenvalue weighted by Gasteiger charge is 2.14. The Labute approximate surface area is 108 Å². The molecule has 0 atom stereocenters. The molecule has 2 rings (SSSR count). The molecule has 0 fully saturated rings. The Balaban J connectivity index is 2.40. The summed E-state index contributed by atoms with van der Waals surface area (Å²) >= 11 is 0. The monoisotopic (exact) mass is 244 g/mol. The van der Waals surface area contributed by atoms with Crippen molar-refractivity contribution < 1.29 is 4.79 Å². The molecule has 0 saturated heterocycles. The Morgan fingerprint density at radius 3 is 2.61 bits per heavy atom. The van der Waals surface area contributed by atoms with Crippen molar-refractivity contribution in [3.63, 3.8) is 0 Å². The van der Waals surface area contributed by atoms with Gasteiger partial charge in [0.2, 0.25) is 0 Å². The van der Waals surface area contributed by atoms with Gasteiger partial charge in [-0.1, -0.05) is 26.0 Å². The fourth-order valence-electron chi connectivity index (χ4n) is 2.17. The Kier molecular flexibility index (Phi) is 3.53. The van der Waals surface area contributed by atoms with Crippen molar-refractivity contribution in [1.29, 1.82) is 0 Å². The molecule has 0 aliphatic carbocycles. The number of aromatic nitrogens is 1. The van der Waals surface area contributed by atoms with Gasteiger partial charge in [-0.15, -0.1) is 0 Å². The van der Waals surface area contributed by atoms with Gasteiger partial charge in [0.25, 0.3) is 0 Å². The highest BCUT2D eigenvalue weighted by molar-refractivity contribution is 6.10. The minimum Gasteiger partial charge on any atom is -0.360 e. The molecule has 96 valence electrons. The topological polar surface area (TPSA) is 44.9 Å². The molecule has 0 radical (unpaired) electrons. The smallest absolute Gasteiger partial charge is 0.178 e. The highest BCUT2D eigenvalue weighted by Crippen LogP contribution is 2.25. The van der Waals surface area contributed by atoms with E-state index in [4.69, 9.17) is 0 Å². The molecule has 1 aromatic heterocycles. The van der Waals surface area contributed by atoms with Crippen LogP contribution in [-0.4, -0.2) is 23.4 Å². The summed E-state index contributed by atoms with van der Waals surface area (Å²) < 4.78 is 0. The SMILES string of the molecule is Cc1ccc(C)c2c(C(=O)CNC(C)C)c[nH]c12. The van der Waals surface area contributed by atoms with E-state index >= 15 is 0 Å². The molecule has 2 aromatic rings. The van der Waals surface area contributed by atoms with E-state index in [1.807, 2.05) is 27.0 Å². The molecular formula is C15H20N2O. The lowest BCUT2D eigenvalue weighted by Gasteiger charge is -2.07. The number of carbonyl (C=O) groups excluding carboxylic acids is 1. The number of benzene rings is 1. The number of nitrogens with one attached hydrogen (secondary N) is 2. The standard InChI is InChI=1S/C15H20N2O/c1-9(2)16-8-13(18)12-7-17-15-11(4)6-5-10(3)14(12)15/h5-7,9,16-17H,8H2,1-4H3. The van der Waals surface area contributed by atoms with Crippen molar-refractivity contribution in [2.75, 3.05) is 6.54 Å². The molecular weight excluding hydrogens is 224 g/mol. The number of aromatic amines is 1.